The molecule has 0 aliphatic rings. The molecule has 0 amide bonds. The van der Waals surface area contributed by atoms with Crippen LogP contribution in [0.3, 0.4) is 0 Å². The van der Waals surface area contributed by atoms with Crippen LogP contribution in [0.15, 0.2) is 42.7 Å². The molecule has 0 aliphatic heterocycles. The molecule has 3 nitrogen and oxygen atoms in total. The van der Waals surface area contributed by atoms with Gasteiger partial charge in [-0.05, 0) is 18.5 Å². The molecule has 2 N–H and O–H groups in total. The van der Waals surface area contributed by atoms with Crippen molar-refractivity contribution in [3.05, 3.63) is 53.9 Å². The first-order chi connectivity index (χ1) is 7.45. The third kappa shape index (κ3) is 3.22. The van der Waals surface area contributed by atoms with E-state index in [2.05, 4.69) is 39.8 Å². The fourth-order valence-electron chi connectivity index (χ4n) is 1.48. The highest BCUT2D eigenvalue weighted by atomic mass is 15.1. The van der Waals surface area contributed by atoms with Gasteiger partial charge >= 0.3 is 0 Å². The van der Waals surface area contributed by atoms with Crippen LogP contribution in [0.2, 0.25) is 0 Å². The molecular weight excluding hydrogens is 186 g/mol. The van der Waals surface area contributed by atoms with E-state index < -0.39 is 0 Å². The van der Waals surface area contributed by atoms with Gasteiger partial charge in [0.25, 0.3) is 0 Å². The average molecular weight is 201 g/mol. The van der Waals surface area contributed by atoms with Gasteiger partial charge in [0.1, 0.15) is 0 Å². The minimum atomic E-state index is 0.878. The maximum absolute atomic E-state index is 3.89. The van der Waals surface area contributed by atoms with Crippen LogP contribution in [0, 0.1) is 0 Å². The number of nitrogens with one attached hydrogen (secondary N) is 2. The Bertz CT molecular complexity index is 367. The SMILES string of the molecule is c1ccc(CCNCc2cn[nH]c2)cc1. The van der Waals surface area contributed by atoms with Crippen molar-refractivity contribution in [3.63, 3.8) is 0 Å². The molecule has 0 spiro atoms. The molecule has 0 saturated carbocycles. The van der Waals surface area contributed by atoms with Gasteiger partial charge in [0.2, 0.25) is 0 Å². The predicted molar refractivity (Wildman–Crippen MR) is 60.4 cm³/mol. The van der Waals surface area contributed by atoms with E-state index in [1.807, 2.05) is 18.5 Å². The van der Waals surface area contributed by atoms with Crippen LogP contribution in [-0.2, 0) is 13.0 Å². The van der Waals surface area contributed by atoms with Gasteiger partial charge in [-0.15, -0.1) is 0 Å². The van der Waals surface area contributed by atoms with Gasteiger partial charge in [0, 0.05) is 18.3 Å². The molecule has 1 heterocycles. The van der Waals surface area contributed by atoms with Crippen LogP contribution in [-0.4, -0.2) is 16.7 Å². The van der Waals surface area contributed by atoms with E-state index in [-0.39, 0.29) is 0 Å². The lowest BCUT2D eigenvalue weighted by atomic mass is 10.1. The Morgan fingerprint density at radius 3 is 2.73 bits per heavy atom. The normalized spacial score (nSPS) is 10.4. The highest BCUT2D eigenvalue weighted by Crippen LogP contribution is 1.98. The largest absolute Gasteiger partial charge is 0.312 e. The number of nitrogens with zero attached hydrogens (tertiary/aromatic N) is 1. The van der Waals surface area contributed by atoms with Crippen LogP contribution in [0.4, 0.5) is 0 Å². The van der Waals surface area contributed by atoms with E-state index in [0.29, 0.717) is 0 Å². The molecule has 15 heavy (non-hydrogen) atoms. The summed E-state index contributed by atoms with van der Waals surface area (Å²) in [5.41, 5.74) is 2.57. The van der Waals surface area contributed by atoms with E-state index in [9.17, 15) is 0 Å². The van der Waals surface area contributed by atoms with Crippen molar-refractivity contribution in [1.82, 2.24) is 15.5 Å². The summed E-state index contributed by atoms with van der Waals surface area (Å²) >= 11 is 0. The molecule has 2 aromatic rings. The van der Waals surface area contributed by atoms with Gasteiger partial charge in [0.05, 0.1) is 6.20 Å². The zero-order chi connectivity index (χ0) is 10.3. The van der Waals surface area contributed by atoms with Gasteiger partial charge in [0.15, 0.2) is 0 Å². The fraction of sp³-hybridized carbons (Fsp3) is 0.250. The van der Waals surface area contributed by atoms with E-state index in [0.717, 1.165) is 19.5 Å². The van der Waals surface area contributed by atoms with Gasteiger partial charge in [-0.25, -0.2) is 0 Å². The van der Waals surface area contributed by atoms with Crippen LogP contribution in [0.5, 0.6) is 0 Å². The Labute approximate surface area is 89.5 Å². The lowest BCUT2D eigenvalue weighted by molar-refractivity contribution is 0.687. The van der Waals surface area contributed by atoms with E-state index >= 15 is 0 Å². The van der Waals surface area contributed by atoms with E-state index in [1.54, 1.807) is 0 Å². The first kappa shape index (κ1) is 9.93. The summed E-state index contributed by atoms with van der Waals surface area (Å²) in [4.78, 5) is 0. The summed E-state index contributed by atoms with van der Waals surface area (Å²) in [6.07, 6.45) is 4.82. The Kier molecular flexibility index (Phi) is 3.52. The molecule has 2 rings (SSSR count). The van der Waals surface area contributed by atoms with Crippen molar-refractivity contribution in [1.29, 1.82) is 0 Å². The number of benzene rings is 1. The number of hydrogen-bond donors (Lipinski definition) is 2. The number of aromatic amines is 1. The Morgan fingerprint density at radius 2 is 2.00 bits per heavy atom. The first-order valence-corrected chi connectivity index (χ1v) is 5.17. The molecule has 0 fully saturated rings. The second-order valence-corrected chi connectivity index (χ2v) is 3.52. The summed E-state index contributed by atoms with van der Waals surface area (Å²) in [6, 6.07) is 10.5. The summed E-state index contributed by atoms with van der Waals surface area (Å²) in [7, 11) is 0. The molecule has 0 bridgehead atoms. The Morgan fingerprint density at radius 1 is 1.13 bits per heavy atom. The predicted octanol–water partition coefficient (Wildman–Crippen LogP) is 1.74. The molecule has 0 saturated heterocycles. The smallest absolute Gasteiger partial charge is 0.0532 e. The van der Waals surface area contributed by atoms with Crippen molar-refractivity contribution >= 4 is 0 Å². The molecular formula is C12H15N3. The highest BCUT2D eigenvalue weighted by molar-refractivity contribution is 5.14. The molecule has 0 atom stereocenters. The van der Waals surface area contributed by atoms with E-state index in [4.69, 9.17) is 0 Å². The van der Waals surface area contributed by atoms with Crippen LogP contribution < -0.4 is 5.32 Å². The van der Waals surface area contributed by atoms with E-state index in [1.165, 1.54) is 11.1 Å². The first-order valence-electron chi connectivity index (χ1n) is 5.17. The summed E-state index contributed by atoms with van der Waals surface area (Å²) in [6.45, 7) is 1.87. The van der Waals surface area contributed by atoms with Crippen LogP contribution in [0.25, 0.3) is 0 Å². The summed E-state index contributed by atoms with van der Waals surface area (Å²) in [5, 5.41) is 10.1. The molecule has 78 valence electrons. The summed E-state index contributed by atoms with van der Waals surface area (Å²) < 4.78 is 0. The Hall–Kier alpha value is -1.61. The summed E-state index contributed by atoms with van der Waals surface area (Å²) in [5.74, 6) is 0. The van der Waals surface area contributed by atoms with Gasteiger partial charge in [-0.1, -0.05) is 30.3 Å². The van der Waals surface area contributed by atoms with Crippen molar-refractivity contribution in [3.8, 4) is 0 Å². The third-order valence-electron chi connectivity index (χ3n) is 2.32. The molecule has 3 heteroatoms. The lowest BCUT2D eigenvalue weighted by Crippen LogP contribution is -2.16. The third-order valence-corrected chi connectivity index (χ3v) is 2.32. The van der Waals surface area contributed by atoms with Gasteiger partial charge in [-0.2, -0.15) is 5.10 Å². The van der Waals surface area contributed by atoms with Crippen molar-refractivity contribution in [2.24, 2.45) is 0 Å². The highest BCUT2D eigenvalue weighted by Gasteiger charge is 1.93. The minimum absolute atomic E-state index is 0.878. The van der Waals surface area contributed by atoms with Gasteiger partial charge < -0.3 is 5.32 Å². The average Bonchev–Trinajstić information content (AvgIpc) is 2.79. The van der Waals surface area contributed by atoms with Crippen molar-refractivity contribution in [2.75, 3.05) is 6.54 Å². The Balaban J connectivity index is 1.68. The number of H-pyrrole nitrogens is 1. The molecule has 1 aromatic heterocycles. The van der Waals surface area contributed by atoms with Crippen molar-refractivity contribution < 1.29 is 0 Å². The lowest BCUT2D eigenvalue weighted by Gasteiger charge is -2.02. The van der Waals surface area contributed by atoms with Crippen LogP contribution in [0.1, 0.15) is 11.1 Å². The zero-order valence-corrected chi connectivity index (χ0v) is 8.61. The second-order valence-electron chi connectivity index (χ2n) is 3.52. The van der Waals surface area contributed by atoms with Crippen molar-refractivity contribution in [2.45, 2.75) is 13.0 Å². The monoisotopic (exact) mass is 201 g/mol. The van der Waals surface area contributed by atoms with Crippen LogP contribution >= 0.6 is 0 Å². The number of aromatic nitrogens is 2. The molecule has 0 radical (unpaired) electrons. The number of rotatable bonds is 5. The maximum Gasteiger partial charge on any atom is 0.0532 e. The zero-order valence-electron chi connectivity index (χ0n) is 8.61. The minimum Gasteiger partial charge on any atom is -0.312 e. The fourth-order valence-corrected chi connectivity index (χ4v) is 1.48. The molecule has 0 aliphatic carbocycles. The second kappa shape index (κ2) is 5.32. The maximum atomic E-state index is 3.89. The quantitative estimate of drug-likeness (QED) is 0.723. The molecule has 0 unspecified atom stereocenters. The van der Waals surface area contributed by atoms with Gasteiger partial charge in [-0.3, -0.25) is 5.10 Å². The topological polar surface area (TPSA) is 40.7 Å². The molecule has 1 aromatic carbocycles. The standard InChI is InChI=1S/C12H15N3/c1-2-4-11(5-3-1)6-7-13-8-12-9-14-15-10-12/h1-5,9-10,13H,6-8H2,(H,14,15). The number of hydrogen-bond acceptors (Lipinski definition) is 2.